The van der Waals surface area contributed by atoms with Crippen molar-refractivity contribution in [1.29, 1.82) is 0 Å². The Morgan fingerprint density at radius 2 is 2.12 bits per heavy atom. The fourth-order valence-corrected chi connectivity index (χ4v) is 2.70. The molecule has 0 aliphatic heterocycles. The van der Waals surface area contributed by atoms with Gasteiger partial charge in [0.15, 0.2) is 0 Å². The van der Waals surface area contributed by atoms with Crippen molar-refractivity contribution in [3.05, 3.63) is 12.2 Å². The Morgan fingerprint density at radius 1 is 1.38 bits per heavy atom. The van der Waals surface area contributed by atoms with Gasteiger partial charge in [-0.15, -0.1) is 0 Å². The molecule has 1 saturated carbocycles. The molecule has 0 spiro atoms. The minimum absolute atomic E-state index is 0.128. The van der Waals surface area contributed by atoms with Crippen molar-refractivity contribution in [2.75, 3.05) is 12.4 Å². The number of hydrogen-bond donors (Lipinski definition) is 1. The molecule has 16 heavy (non-hydrogen) atoms. The Balaban J connectivity index is 1.79. The largest absolute Gasteiger partial charge is 0.464 e. The molecule has 90 valence electrons. The van der Waals surface area contributed by atoms with Crippen molar-refractivity contribution >= 4 is 16.1 Å². The van der Waals surface area contributed by atoms with Crippen molar-refractivity contribution in [3.8, 4) is 0 Å². The Morgan fingerprint density at radius 3 is 2.62 bits per heavy atom. The molecule has 3 unspecified atom stereocenters. The zero-order chi connectivity index (χ0) is 11.8. The van der Waals surface area contributed by atoms with E-state index in [0.29, 0.717) is 5.92 Å². The number of hydrogen-bond acceptors (Lipinski definition) is 4. The summed E-state index contributed by atoms with van der Waals surface area (Å²) in [5, 5.41) is 0. The molecule has 2 aliphatic carbocycles. The van der Waals surface area contributed by atoms with Crippen molar-refractivity contribution in [2.24, 2.45) is 17.8 Å². The van der Waals surface area contributed by atoms with Crippen LogP contribution >= 0.6 is 0 Å². The van der Waals surface area contributed by atoms with Crippen LogP contribution in [0.2, 0.25) is 0 Å². The van der Waals surface area contributed by atoms with Gasteiger partial charge in [-0.2, -0.15) is 8.42 Å². The van der Waals surface area contributed by atoms with E-state index in [2.05, 4.69) is 6.08 Å². The highest BCUT2D eigenvalue weighted by molar-refractivity contribution is 7.85. The zero-order valence-corrected chi connectivity index (χ0v) is 9.52. The van der Waals surface area contributed by atoms with E-state index >= 15 is 0 Å². The highest BCUT2D eigenvalue weighted by atomic mass is 32.2. The second-order valence-electron chi connectivity index (χ2n) is 4.34. The van der Waals surface area contributed by atoms with E-state index in [1.165, 1.54) is 0 Å². The van der Waals surface area contributed by atoms with Gasteiger partial charge < -0.3 is 4.74 Å². The summed E-state index contributed by atoms with van der Waals surface area (Å²) >= 11 is 0. The first kappa shape index (κ1) is 11.6. The quantitative estimate of drug-likeness (QED) is 0.447. The van der Waals surface area contributed by atoms with Gasteiger partial charge in [0.1, 0.15) is 12.4 Å². The molecule has 1 fully saturated rings. The average Bonchev–Trinajstić information content (AvgIpc) is 2.76. The minimum Gasteiger partial charge on any atom is -0.464 e. The second kappa shape index (κ2) is 4.18. The number of carbonyl (C=O) groups excluding carboxylic acids is 1. The van der Waals surface area contributed by atoms with Gasteiger partial charge >= 0.3 is 5.97 Å². The van der Waals surface area contributed by atoms with E-state index in [1.54, 1.807) is 0 Å². The van der Waals surface area contributed by atoms with Crippen LogP contribution in [0.3, 0.4) is 0 Å². The summed E-state index contributed by atoms with van der Waals surface area (Å²) < 4.78 is 34.1. The maximum absolute atomic E-state index is 11.6. The SMILES string of the molecule is O=C(OCCS(=O)(=O)O)C1CC2C=CC1C2. The monoisotopic (exact) mass is 246 g/mol. The van der Waals surface area contributed by atoms with E-state index in [4.69, 9.17) is 9.29 Å². The Hall–Kier alpha value is -0.880. The molecule has 2 rings (SSSR count). The smallest absolute Gasteiger partial charge is 0.309 e. The van der Waals surface area contributed by atoms with E-state index in [9.17, 15) is 13.2 Å². The second-order valence-corrected chi connectivity index (χ2v) is 5.91. The first-order valence-electron chi connectivity index (χ1n) is 5.26. The van der Waals surface area contributed by atoms with Crippen LogP contribution in [0.4, 0.5) is 0 Å². The Bertz CT molecular complexity index is 411. The van der Waals surface area contributed by atoms with Gasteiger partial charge in [0.2, 0.25) is 0 Å². The van der Waals surface area contributed by atoms with Crippen LogP contribution in [-0.4, -0.2) is 31.3 Å². The molecule has 0 aromatic rings. The highest BCUT2D eigenvalue weighted by Crippen LogP contribution is 2.43. The summed E-state index contributed by atoms with van der Waals surface area (Å²) in [5.74, 6) is -0.278. The Labute approximate surface area is 94.2 Å². The number of esters is 1. The lowest BCUT2D eigenvalue weighted by molar-refractivity contribution is -0.148. The first-order valence-corrected chi connectivity index (χ1v) is 6.87. The van der Waals surface area contributed by atoms with E-state index in [-0.39, 0.29) is 24.4 Å². The van der Waals surface area contributed by atoms with E-state index < -0.39 is 15.9 Å². The minimum atomic E-state index is -4.04. The Kier molecular flexibility index (Phi) is 3.03. The lowest BCUT2D eigenvalue weighted by Crippen LogP contribution is -2.24. The van der Waals surface area contributed by atoms with E-state index in [0.717, 1.165) is 12.8 Å². The van der Waals surface area contributed by atoms with Gasteiger partial charge in [0.25, 0.3) is 10.1 Å². The standard InChI is InChI=1S/C10H14O5S/c11-10(15-3-4-16(12,13)14)9-6-7-1-2-8(9)5-7/h1-2,7-9H,3-6H2,(H,12,13,14). The number of allylic oxidation sites excluding steroid dienone is 2. The molecule has 0 radical (unpaired) electrons. The van der Waals surface area contributed by atoms with E-state index in [1.807, 2.05) is 6.08 Å². The molecular formula is C10H14O5S. The van der Waals surface area contributed by atoms with Gasteiger partial charge in [-0.25, -0.2) is 0 Å². The van der Waals surface area contributed by atoms with Gasteiger partial charge in [-0.05, 0) is 24.7 Å². The molecule has 0 amide bonds. The summed E-state index contributed by atoms with van der Waals surface area (Å²) in [4.78, 5) is 11.6. The number of carbonyl (C=O) groups is 1. The van der Waals surface area contributed by atoms with Gasteiger partial charge in [0, 0.05) is 0 Å². The van der Waals surface area contributed by atoms with Gasteiger partial charge in [-0.1, -0.05) is 12.2 Å². The molecule has 6 heteroatoms. The van der Waals surface area contributed by atoms with Crippen LogP contribution in [0.5, 0.6) is 0 Å². The zero-order valence-electron chi connectivity index (χ0n) is 8.70. The lowest BCUT2D eigenvalue weighted by Gasteiger charge is -2.16. The molecule has 5 nitrogen and oxygen atoms in total. The summed E-state index contributed by atoms with van der Waals surface area (Å²) in [6.45, 7) is -0.269. The topological polar surface area (TPSA) is 80.7 Å². The first-order chi connectivity index (χ1) is 7.46. The summed E-state index contributed by atoms with van der Waals surface area (Å²) in [7, 11) is -4.04. The maximum Gasteiger partial charge on any atom is 0.309 e. The predicted octanol–water partition coefficient (Wildman–Crippen LogP) is 0.630. The third-order valence-corrected chi connectivity index (χ3v) is 3.85. The molecule has 3 atom stereocenters. The van der Waals surface area contributed by atoms with Gasteiger partial charge in [0.05, 0.1) is 5.92 Å². The molecular weight excluding hydrogens is 232 g/mol. The number of rotatable bonds is 4. The third kappa shape index (κ3) is 2.62. The van der Waals surface area contributed by atoms with Crippen molar-refractivity contribution in [3.63, 3.8) is 0 Å². The summed E-state index contributed by atoms with van der Waals surface area (Å²) in [6.07, 6.45) is 5.94. The third-order valence-electron chi connectivity index (χ3n) is 3.17. The molecule has 0 aromatic heterocycles. The maximum atomic E-state index is 11.6. The predicted molar refractivity (Wildman–Crippen MR) is 56.2 cm³/mol. The molecule has 0 heterocycles. The van der Waals surface area contributed by atoms with Crippen LogP contribution < -0.4 is 0 Å². The average molecular weight is 246 g/mol. The molecule has 2 bridgehead atoms. The molecule has 0 saturated heterocycles. The van der Waals surface area contributed by atoms with Crippen LogP contribution in [0.25, 0.3) is 0 Å². The summed E-state index contributed by atoms with van der Waals surface area (Å²) in [6, 6.07) is 0. The van der Waals surface area contributed by atoms with Crippen LogP contribution in [0, 0.1) is 17.8 Å². The fraction of sp³-hybridized carbons (Fsp3) is 0.700. The highest BCUT2D eigenvalue weighted by Gasteiger charge is 2.40. The van der Waals surface area contributed by atoms with Crippen LogP contribution in [0.1, 0.15) is 12.8 Å². The number of fused-ring (bicyclic) bond motifs is 2. The van der Waals surface area contributed by atoms with Crippen molar-refractivity contribution in [1.82, 2.24) is 0 Å². The van der Waals surface area contributed by atoms with Crippen molar-refractivity contribution in [2.45, 2.75) is 12.8 Å². The molecule has 2 aliphatic rings. The van der Waals surface area contributed by atoms with Crippen LogP contribution in [-0.2, 0) is 19.6 Å². The van der Waals surface area contributed by atoms with Gasteiger partial charge in [-0.3, -0.25) is 9.35 Å². The molecule has 1 N–H and O–H groups in total. The fourth-order valence-electron chi connectivity index (χ4n) is 2.41. The van der Waals surface area contributed by atoms with Crippen molar-refractivity contribution < 1.29 is 22.5 Å². The lowest BCUT2D eigenvalue weighted by atomic mass is 9.94. The molecule has 0 aromatic carbocycles. The summed E-state index contributed by atoms with van der Waals surface area (Å²) in [5.41, 5.74) is 0. The number of ether oxygens (including phenoxy) is 1. The normalized spacial score (nSPS) is 31.9. The van der Waals surface area contributed by atoms with Crippen LogP contribution in [0.15, 0.2) is 12.2 Å².